The predicted molar refractivity (Wildman–Crippen MR) is 130 cm³/mol. The van der Waals surface area contributed by atoms with E-state index in [-0.39, 0.29) is 25.6 Å². The maximum absolute atomic E-state index is 13.7. The summed E-state index contributed by atoms with van der Waals surface area (Å²) in [4.78, 5) is 28.7. The Hall–Kier alpha value is -2.19. The van der Waals surface area contributed by atoms with Crippen molar-refractivity contribution in [2.24, 2.45) is 11.7 Å². The molecule has 184 valence electrons. The second-order valence-electron chi connectivity index (χ2n) is 8.44. The fourth-order valence-electron chi connectivity index (χ4n) is 3.60. The van der Waals surface area contributed by atoms with Crippen molar-refractivity contribution in [3.63, 3.8) is 0 Å². The molecule has 0 spiro atoms. The Balaban J connectivity index is 2.37. The summed E-state index contributed by atoms with van der Waals surface area (Å²) in [5, 5.41) is 6.52. The number of H-pyrrole nitrogens is 1. The normalized spacial score (nSPS) is 14.8. The van der Waals surface area contributed by atoms with Gasteiger partial charge in [-0.25, -0.2) is 0 Å². The molecule has 0 unspecified atom stereocenters. The Bertz CT molecular complexity index is 965. The van der Waals surface area contributed by atoms with E-state index in [1.165, 1.54) is 0 Å². The molecule has 1 aromatic heterocycles. The van der Waals surface area contributed by atoms with Gasteiger partial charge in [-0.3, -0.25) is 14.2 Å². The average Bonchev–Trinajstić information content (AvgIpc) is 3.15. The van der Waals surface area contributed by atoms with E-state index in [1.54, 1.807) is 20.8 Å². The van der Waals surface area contributed by atoms with Gasteiger partial charge in [0, 0.05) is 23.5 Å². The van der Waals surface area contributed by atoms with Crippen LogP contribution in [0.1, 0.15) is 46.6 Å². The fourth-order valence-corrected chi connectivity index (χ4v) is 5.46. The Morgan fingerprint density at radius 2 is 1.70 bits per heavy atom. The highest BCUT2D eigenvalue weighted by molar-refractivity contribution is 7.54. The number of hydrogen-bond donors (Lipinski definition) is 4. The summed E-state index contributed by atoms with van der Waals surface area (Å²) < 4.78 is 24.9. The van der Waals surface area contributed by atoms with Gasteiger partial charge in [-0.2, -0.15) is 0 Å². The molecule has 0 aliphatic carbocycles. The van der Waals surface area contributed by atoms with E-state index in [0.29, 0.717) is 6.42 Å². The number of amides is 2. The Labute approximate surface area is 195 Å². The van der Waals surface area contributed by atoms with Crippen molar-refractivity contribution in [1.29, 1.82) is 0 Å². The Morgan fingerprint density at radius 3 is 2.27 bits per heavy atom. The summed E-state index contributed by atoms with van der Waals surface area (Å²) in [6.07, 6.45) is 2.45. The van der Waals surface area contributed by atoms with Gasteiger partial charge in [0.05, 0.1) is 19.3 Å². The van der Waals surface area contributed by atoms with E-state index in [2.05, 4.69) is 15.6 Å². The molecule has 10 heteroatoms. The first kappa shape index (κ1) is 27.1. The summed E-state index contributed by atoms with van der Waals surface area (Å²) in [6, 6.07) is 6.15. The standard InChI is InChI=1S/C23H37N4O5P/c1-6-31-33(30,32-7-2)21(13-17-14-25-19-11-9-8-10-18(17)19)27-23(29)20(12-15(3)4)26-22(28)16(5)24/h8-11,14-16,20-21,25H,6-7,12-13,24H2,1-5H3,(H,26,28)(H,27,29)/t16-,20-,21+/m0/s1. The first-order valence-electron chi connectivity index (χ1n) is 11.4. The van der Waals surface area contributed by atoms with Crippen molar-refractivity contribution in [3.05, 3.63) is 36.0 Å². The molecule has 3 atom stereocenters. The molecule has 0 radical (unpaired) electrons. The van der Waals surface area contributed by atoms with Crippen LogP contribution in [0.3, 0.4) is 0 Å². The van der Waals surface area contributed by atoms with Crippen molar-refractivity contribution in [2.75, 3.05) is 13.2 Å². The molecule has 0 aliphatic rings. The monoisotopic (exact) mass is 480 g/mol. The number of para-hydroxylation sites is 1. The lowest BCUT2D eigenvalue weighted by atomic mass is 10.0. The minimum atomic E-state index is -3.71. The fraction of sp³-hybridized carbons (Fsp3) is 0.565. The van der Waals surface area contributed by atoms with E-state index in [0.717, 1.165) is 16.5 Å². The van der Waals surface area contributed by atoms with Gasteiger partial charge in [-0.05, 0) is 44.7 Å². The molecule has 9 nitrogen and oxygen atoms in total. The summed E-state index contributed by atoms with van der Waals surface area (Å²) in [5.41, 5.74) is 7.48. The Kier molecular flexibility index (Phi) is 10.1. The zero-order chi connectivity index (χ0) is 24.6. The number of benzene rings is 1. The van der Waals surface area contributed by atoms with Crippen LogP contribution in [0.5, 0.6) is 0 Å². The predicted octanol–water partition coefficient (Wildman–Crippen LogP) is 3.30. The summed E-state index contributed by atoms with van der Waals surface area (Å²) in [5.74, 6) is -1.69. The topological polar surface area (TPSA) is 136 Å². The number of nitrogens with one attached hydrogen (secondary N) is 3. The number of rotatable bonds is 13. The lowest BCUT2D eigenvalue weighted by Gasteiger charge is -2.29. The summed E-state index contributed by atoms with van der Waals surface area (Å²) in [7, 11) is -3.71. The van der Waals surface area contributed by atoms with Gasteiger partial charge in [0.1, 0.15) is 11.8 Å². The van der Waals surface area contributed by atoms with Crippen LogP contribution in [-0.2, 0) is 29.6 Å². The second kappa shape index (κ2) is 12.3. The SMILES string of the molecule is CCOP(=O)(OCC)[C@H](Cc1c[nH]c2ccccc12)NC(=O)[C@H](CC(C)C)NC(=O)[C@H](C)N. The molecule has 0 fully saturated rings. The molecule has 1 heterocycles. The van der Waals surface area contributed by atoms with E-state index in [4.69, 9.17) is 14.8 Å². The average molecular weight is 481 g/mol. The number of aromatic nitrogens is 1. The molecule has 0 bridgehead atoms. The quantitative estimate of drug-likeness (QED) is 0.325. The minimum Gasteiger partial charge on any atom is -0.361 e. The van der Waals surface area contributed by atoms with Gasteiger partial charge < -0.3 is 30.4 Å². The summed E-state index contributed by atoms with van der Waals surface area (Å²) >= 11 is 0. The van der Waals surface area contributed by atoms with Gasteiger partial charge in [-0.1, -0.05) is 32.0 Å². The molecule has 0 saturated heterocycles. The third kappa shape index (κ3) is 7.40. The minimum absolute atomic E-state index is 0.131. The maximum Gasteiger partial charge on any atom is 0.353 e. The van der Waals surface area contributed by atoms with Gasteiger partial charge >= 0.3 is 7.60 Å². The van der Waals surface area contributed by atoms with Crippen molar-refractivity contribution < 1.29 is 23.2 Å². The molecule has 2 rings (SSSR count). The zero-order valence-electron chi connectivity index (χ0n) is 20.1. The van der Waals surface area contributed by atoms with E-state index in [9.17, 15) is 14.2 Å². The lowest BCUT2D eigenvalue weighted by molar-refractivity contribution is -0.130. The highest BCUT2D eigenvalue weighted by Gasteiger charge is 2.39. The van der Waals surface area contributed by atoms with Crippen LogP contribution in [-0.4, -0.2) is 47.9 Å². The van der Waals surface area contributed by atoms with Crippen LogP contribution < -0.4 is 16.4 Å². The number of nitrogens with two attached hydrogens (primary N) is 1. The number of aromatic amines is 1. The molecule has 33 heavy (non-hydrogen) atoms. The molecular weight excluding hydrogens is 443 g/mol. The first-order valence-corrected chi connectivity index (χ1v) is 13.0. The first-order chi connectivity index (χ1) is 15.6. The zero-order valence-corrected chi connectivity index (χ0v) is 21.0. The van der Waals surface area contributed by atoms with Crippen LogP contribution >= 0.6 is 7.60 Å². The van der Waals surface area contributed by atoms with Crippen LogP contribution in [0.25, 0.3) is 10.9 Å². The van der Waals surface area contributed by atoms with Crippen molar-refractivity contribution in [1.82, 2.24) is 15.6 Å². The second-order valence-corrected chi connectivity index (χ2v) is 10.7. The van der Waals surface area contributed by atoms with Gasteiger partial charge in [0.2, 0.25) is 11.8 Å². The highest BCUT2D eigenvalue weighted by Crippen LogP contribution is 2.53. The molecular formula is C23H37N4O5P. The molecule has 0 saturated carbocycles. The molecule has 2 aromatic rings. The van der Waals surface area contributed by atoms with Crippen LogP contribution in [0, 0.1) is 5.92 Å². The third-order valence-electron chi connectivity index (χ3n) is 5.15. The smallest absolute Gasteiger partial charge is 0.353 e. The van der Waals surface area contributed by atoms with Crippen molar-refractivity contribution >= 4 is 30.3 Å². The molecule has 1 aromatic carbocycles. The van der Waals surface area contributed by atoms with E-state index < -0.39 is 37.3 Å². The molecule has 2 amide bonds. The van der Waals surface area contributed by atoms with Gasteiger partial charge in [0.15, 0.2) is 0 Å². The van der Waals surface area contributed by atoms with E-state index >= 15 is 0 Å². The van der Waals surface area contributed by atoms with Crippen LogP contribution in [0.2, 0.25) is 0 Å². The third-order valence-corrected chi connectivity index (χ3v) is 7.46. The summed E-state index contributed by atoms with van der Waals surface area (Å²) in [6.45, 7) is 9.22. The maximum atomic E-state index is 13.7. The number of carbonyl (C=O) groups excluding carboxylic acids is 2. The van der Waals surface area contributed by atoms with Crippen molar-refractivity contribution in [2.45, 2.75) is 65.3 Å². The van der Waals surface area contributed by atoms with Crippen LogP contribution in [0.15, 0.2) is 30.5 Å². The number of carbonyl (C=O) groups is 2. The van der Waals surface area contributed by atoms with Gasteiger partial charge in [-0.15, -0.1) is 0 Å². The van der Waals surface area contributed by atoms with Gasteiger partial charge in [0.25, 0.3) is 0 Å². The molecule has 5 N–H and O–H groups in total. The molecule has 0 aliphatic heterocycles. The number of hydrogen-bond acceptors (Lipinski definition) is 6. The number of fused-ring (bicyclic) bond motifs is 1. The Morgan fingerprint density at radius 1 is 1.06 bits per heavy atom. The largest absolute Gasteiger partial charge is 0.361 e. The van der Waals surface area contributed by atoms with Crippen LogP contribution in [0.4, 0.5) is 0 Å². The van der Waals surface area contributed by atoms with E-state index in [1.807, 2.05) is 44.3 Å². The highest BCUT2D eigenvalue weighted by atomic mass is 31.2. The lowest BCUT2D eigenvalue weighted by Crippen LogP contribution is -2.53. The van der Waals surface area contributed by atoms with Crippen molar-refractivity contribution in [3.8, 4) is 0 Å².